The summed E-state index contributed by atoms with van der Waals surface area (Å²) in [5, 5.41) is 3.29. The third kappa shape index (κ3) is 9.58. The second-order valence-corrected chi connectivity index (χ2v) is 8.27. The number of allylic oxidation sites excluding steroid dienone is 5. The summed E-state index contributed by atoms with van der Waals surface area (Å²) in [5.74, 6) is -0.0932. The Morgan fingerprint density at radius 3 is 2.69 bits per heavy atom. The number of Topliss-reactive ketones (excluding diaryl/α,β-unsaturated/α-hetero) is 1. The molecule has 8 heteroatoms. The van der Waals surface area contributed by atoms with Crippen molar-refractivity contribution in [1.82, 2.24) is 14.9 Å². The van der Waals surface area contributed by atoms with Gasteiger partial charge in [-0.05, 0) is 51.1 Å². The first-order valence-electron chi connectivity index (χ1n) is 11.3. The van der Waals surface area contributed by atoms with Crippen LogP contribution in [-0.4, -0.2) is 53.0 Å². The van der Waals surface area contributed by atoms with E-state index in [1.807, 2.05) is 13.0 Å². The highest BCUT2D eigenvalue weighted by Gasteiger charge is 2.17. The molecular weight excluding hydrogens is 424 g/mol. The molecule has 0 saturated carbocycles. The Balaban J connectivity index is 2.83. The van der Waals surface area contributed by atoms with Crippen molar-refractivity contribution in [2.45, 2.75) is 58.9 Å². The molecule has 0 aliphatic carbocycles. The molecule has 2 unspecified atom stereocenters. The van der Waals surface area contributed by atoms with Crippen LogP contribution in [0.3, 0.4) is 0 Å². The van der Waals surface area contributed by atoms with E-state index in [0.29, 0.717) is 17.7 Å². The van der Waals surface area contributed by atoms with E-state index in [9.17, 15) is 9.18 Å². The van der Waals surface area contributed by atoms with Crippen molar-refractivity contribution in [2.24, 2.45) is 0 Å². The zero-order valence-corrected chi connectivity index (χ0v) is 21.1. The summed E-state index contributed by atoms with van der Waals surface area (Å²) in [6.45, 7) is 12.0. The maximum atomic E-state index is 14.6. The quantitative estimate of drug-likeness (QED) is 0.212. The molecule has 178 valence electrons. The number of hydrogen-bond donors (Lipinski definition) is 2. The molecule has 0 aromatic carbocycles. The van der Waals surface area contributed by atoms with Crippen molar-refractivity contribution < 1.29 is 9.18 Å². The third-order valence-electron chi connectivity index (χ3n) is 5.45. The van der Waals surface area contributed by atoms with Gasteiger partial charge in [0.05, 0.1) is 5.56 Å². The number of halogens is 1. The number of carbonyl (C=O) groups is 1. The Hall–Kier alpha value is -2.11. The van der Waals surface area contributed by atoms with Crippen LogP contribution in [0.15, 0.2) is 41.9 Å². The molecule has 0 bridgehead atoms. The Bertz CT molecular complexity index is 825. The first-order valence-corrected chi connectivity index (χ1v) is 12.1. The number of nitrogens with one attached hydrogen (secondary N) is 1. The van der Waals surface area contributed by atoms with Gasteiger partial charge in [-0.1, -0.05) is 45.1 Å². The van der Waals surface area contributed by atoms with E-state index >= 15 is 0 Å². The first-order chi connectivity index (χ1) is 15.2. The van der Waals surface area contributed by atoms with Gasteiger partial charge in [0.1, 0.15) is 11.6 Å². The smallest absolute Gasteiger partial charge is 0.224 e. The second kappa shape index (κ2) is 14.9. The number of rotatable bonds is 15. The molecule has 0 aliphatic heterocycles. The first kappa shape index (κ1) is 27.9. The van der Waals surface area contributed by atoms with Crippen LogP contribution in [-0.2, 0) is 0 Å². The van der Waals surface area contributed by atoms with Crippen molar-refractivity contribution >= 4 is 26.8 Å². The molecule has 32 heavy (non-hydrogen) atoms. The van der Waals surface area contributed by atoms with Crippen LogP contribution in [0.4, 0.5) is 16.2 Å². The zero-order valence-electron chi connectivity index (χ0n) is 20.0. The van der Waals surface area contributed by atoms with E-state index < -0.39 is 0 Å². The van der Waals surface area contributed by atoms with Crippen molar-refractivity contribution in [3.63, 3.8) is 0 Å². The molecule has 0 radical (unpaired) electrons. The number of aromatic nitrogens is 2. The van der Waals surface area contributed by atoms with Crippen molar-refractivity contribution in [2.75, 3.05) is 37.3 Å². The monoisotopic (exact) mass is 463 g/mol. The van der Waals surface area contributed by atoms with E-state index in [4.69, 9.17) is 5.73 Å². The fraction of sp³-hybridized carbons (Fsp3) is 0.542. The number of nitrogen functional groups attached to an aromatic ring is 1. The van der Waals surface area contributed by atoms with Gasteiger partial charge in [-0.3, -0.25) is 4.79 Å². The average molecular weight is 464 g/mol. The Kier molecular flexibility index (Phi) is 13.0. The molecule has 1 heterocycles. The van der Waals surface area contributed by atoms with Crippen molar-refractivity contribution in [3.05, 3.63) is 47.5 Å². The zero-order chi connectivity index (χ0) is 24.1. The topological polar surface area (TPSA) is 84.1 Å². The summed E-state index contributed by atoms with van der Waals surface area (Å²) in [4.78, 5) is 23.5. The molecule has 1 aromatic heterocycles. The molecule has 3 N–H and O–H groups in total. The number of hydrogen-bond acceptors (Lipinski definition) is 6. The largest absolute Gasteiger partial charge is 0.383 e. The van der Waals surface area contributed by atoms with Crippen LogP contribution in [0, 0.1) is 0 Å². The number of ketones is 1. The lowest BCUT2D eigenvalue weighted by molar-refractivity contribution is 0.0992. The molecule has 0 saturated heterocycles. The number of carbonyl (C=O) groups excluding carboxylic acids is 1. The number of nitrogens with zero attached hydrogens (tertiary/aromatic N) is 3. The van der Waals surface area contributed by atoms with E-state index in [0.717, 1.165) is 37.9 Å². The molecule has 0 aliphatic rings. The lowest BCUT2D eigenvalue weighted by Crippen LogP contribution is -2.28. The van der Waals surface area contributed by atoms with Crippen LogP contribution in [0.25, 0.3) is 0 Å². The number of anilines is 2. The fourth-order valence-corrected chi connectivity index (χ4v) is 3.30. The van der Waals surface area contributed by atoms with Gasteiger partial charge in [-0.15, -0.1) is 9.24 Å². The van der Waals surface area contributed by atoms with Crippen LogP contribution in [0.5, 0.6) is 0 Å². The van der Waals surface area contributed by atoms with E-state index in [1.54, 1.807) is 6.08 Å². The summed E-state index contributed by atoms with van der Waals surface area (Å²) in [5.41, 5.74) is 7.63. The molecule has 1 rings (SSSR count). The fourth-order valence-electron chi connectivity index (χ4n) is 2.93. The second-order valence-electron chi connectivity index (χ2n) is 7.86. The lowest BCUT2D eigenvalue weighted by Gasteiger charge is -2.21. The van der Waals surface area contributed by atoms with E-state index in [-0.39, 0.29) is 41.9 Å². The predicted octanol–water partition coefficient (Wildman–Crippen LogP) is 5.18. The molecular formula is C24H39FN5OP. The maximum Gasteiger partial charge on any atom is 0.224 e. The summed E-state index contributed by atoms with van der Waals surface area (Å²) in [6.07, 6.45) is 8.10. The molecule has 0 amide bonds. The molecule has 1 aromatic rings. The molecule has 2 atom stereocenters. The van der Waals surface area contributed by atoms with Gasteiger partial charge in [0.2, 0.25) is 5.95 Å². The summed E-state index contributed by atoms with van der Waals surface area (Å²) in [7, 11) is 4.56. The van der Waals surface area contributed by atoms with Gasteiger partial charge in [0, 0.05) is 25.1 Å². The Labute approximate surface area is 194 Å². The Morgan fingerprint density at radius 1 is 1.41 bits per heavy atom. The van der Waals surface area contributed by atoms with Crippen molar-refractivity contribution in [1.29, 1.82) is 0 Å². The Morgan fingerprint density at radius 2 is 2.12 bits per heavy atom. The van der Waals surface area contributed by atoms with E-state index in [1.165, 1.54) is 6.20 Å². The number of nitrogens with two attached hydrogens (primary N) is 1. The maximum absolute atomic E-state index is 14.6. The highest BCUT2D eigenvalue weighted by atomic mass is 31.0. The van der Waals surface area contributed by atoms with E-state index in [2.05, 4.69) is 56.9 Å². The standard InChI is InChI=1S/C24H39FN5OP/c1-6-17(4)10-9-11-21(25)18(16-32)14-22(31)20-15-27-24(29-23(20)26)28-19(7-2)12-13-30(5)8-3/h9-10,15,19H,4,6-8,11-14,16,32H2,1-3,5H3,(H3,26,27,28,29)/b10-9-,21-18-. The van der Waals surface area contributed by atoms with Gasteiger partial charge in [0.15, 0.2) is 5.78 Å². The van der Waals surface area contributed by atoms with Crippen LogP contribution in [0.1, 0.15) is 63.2 Å². The minimum Gasteiger partial charge on any atom is -0.383 e. The van der Waals surface area contributed by atoms with Crippen molar-refractivity contribution in [3.8, 4) is 0 Å². The van der Waals surface area contributed by atoms with Crippen LogP contribution >= 0.6 is 9.24 Å². The van der Waals surface area contributed by atoms with Gasteiger partial charge < -0.3 is 16.0 Å². The normalized spacial score (nSPS) is 13.3. The van der Waals surface area contributed by atoms with Gasteiger partial charge >= 0.3 is 0 Å². The summed E-state index contributed by atoms with van der Waals surface area (Å²) >= 11 is 0. The minimum absolute atomic E-state index is 0.0564. The van der Waals surface area contributed by atoms with Gasteiger partial charge in [-0.2, -0.15) is 4.98 Å². The third-order valence-corrected chi connectivity index (χ3v) is 5.95. The van der Waals surface area contributed by atoms with Gasteiger partial charge in [0.25, 0.3) is 0 Å². The SMILES string of the molecule is C=C(/C=C\C/C(F)=C(/CP)CC(=O)c1cnc(NC(CC)CCN(C)CC)nc1N)CC. The summed E-state index contributed by atoms with van der Waals surface area (Å²) < 4.78 is 14.6. The molecule has 0 fully saturated rings. The van der Waals surface area contributed by atoms with Crippen LogP contribution in [0.2, 0.25) is 0 Å². The van der Waals surface area contributed by atoms with Crippen LogP contribution < -0.4 is 11.1 Å². The highest BCUT2D eigenvalue weighted by Crippen LogP contribution is 2.22. The summed E-state index contributed by atoms with van der Waals surface area (Å²) in [6, 6.07) is 0.211. The molecule has 6 nitrogen and oxygen atoms in total. The highest BCUT2D eigenvalue weighted by molar-refractivity contribution is 7.16. The average Bonchev–Trinajstić information content (AvgIpc) is 2.79. The predicted molar refractivity (Wildman–Crippen MR) is 137 cm³/mol. The molecule has 0 spiro atoms. The lowest BCUT2D eigenvalue weighted by atomic mass is 10.0. The van der Waals surface area contributed by atoms with Gasteiger partial charge in [-0.25, -0.2) is 9.37 Å². The minimum atomic E-state index is -0.311.